The number of carbonyl (C=O) groups excluding carboxylic acids is 2. The number of hydrogen-bond acceptors (Lipinski definition) is 7. The molecule has 10 nitrogen and oxygen atoms in total. The zero-order valence-electron chi connectivity index (χ0n) is 21.1. The Balaban J connectivity index is 1.42. The number of halogens is 1. The molecule has 0 atom stereocenters. The van der Waals surface area contributed by atoms with Gasteiger partial charge in [-0.2, -0.15) is 10.4 Å². The minimum atomic E-state index is -2.02. The van der Waals surface area contributed by atoms with Crippen LogP contribution >= 0.6 is 0 Å². The van der Waals surface area contributed by atoms with Gasteiger partial charge in [0.25, 0.3) is 5.91 Å². The number of pyridine rings is 1. The standard InChI is InChI=1S/C26H30FN7O3/c1-4-5-23(35)33-15-26(27,16-33)25(36)32-8-6-20(7-9-32)31-17(2)21(12-29)18-10-22(37-3)24-19(11-28)13-30-34(24)14-18/h4-5,10,12-14,20H,6-9,15-16,29H2,1-3H3/b5-4+,21-12?,31-17?. The number of nitrogens with zero attached hydrogens (tertiary/aromatic N) is 6. The number of aliphatic imine (C=N–C) groups is 1. The number of alkyl halides is 1. The number of hydrogen-bond donors (Lipinski definition) is 1. The molecule has 0 bridgehead atoms. The van der Waals surface area contributed by atoms with Gasteiger partial charge in [0, 0.05) is 42.3 Å². The molecule has 2 saturated heterocycles. The predicted molar refractivity (Wildman–Crippen MR) is 137 cm³/mol. The smallest absolute Gasteiger partial charge is 0.264 e. The summed E-state index contributed by atoms with van der Waals surface area (Å²) in [7, 11) is 1.53. The molecule has 2 N–H and O–H groups in total. The van der Waals surface area contributed by atoms with Crippen LogP contribution < -0.4 is 10.5 Å². The number of amides is 2. The number of ether oxygens (including phenoxy) is 1. The summed E-state index contributed by atoms with van der Waals surface area (Å²) in [5.74, 6) is -0.353. The lowest BCUT2D eigenvalue weighted by Crippen LogP contribution is -2.68. The molecule has 4 rings (SSSR count). The first-order chi connectivity index (χ1) is 17.7. The van der Waals surface area contributed by atoms with Gasteiger partial charge in [0.05, 0.1) is 32.4 Å². The van der Waals surface area contributed by atoms with Gasteiger partial charge in [-0.15, -0.1) is 0 Å². The maximum atomic E-state index is 15.1. The monoisotopic (exact) mass is 507 g/mol. The first-order valence-corrected chi connectivity index (χ1v) is 12.1. The maximum Gasteiger partial charge on any atom is 0.264 e. The van der Waals surface area contributed by atoms with Gasteiger partial charge in [0.15, 0.2) is 0 Å². The highest BCUT2D eigenvalue weighted by Crippen LogP contribution is 2.31. The molecule has 0 saturated carbocycles. The van der Waals surface area contributed by atoms with Crippen molar-refractivity contribution in [2.75, 3.05) is 33.3 Å². The van der Waals surface area contributed by atoms with Crippen LogP contribution in [0.1, 0.15) is 37.8 Å². The molecule has 0 aliphatic carbocycles. The SMILES string of the molecule is C/C=C/C(=O)N1CC(F)(C(=O)N2CCC(N=C(C)C(=CN)c3cc(OC)c4c(C#N)cnn4c3)CC2)C1. The topological polar surface area (TPSA) is 129 Å². The molecule has 2 amide bonds. The fraction of sp³-hybridized carbons (Fsp3) is 0.423. The molecule has 37 heavy (non-hydrogen) atoms. The molecule has 2 aliphatic heterocycles. The van der Waals surface area contributed by atoms with Crippen molar-refractivity contribution < 1.29 is 18.7 Å². The van der Waals surface area contributed by atoms with Crippen molar-refractivity contribution in [2.24, 2.45) is 10.7 Å². The number of carbonyl (C=O) groups is 2. The zero-order chi connectivity index (χ0) is 26.7. The van der Waals surface area contributed by atoms with Gasteiger partial charge in [0.1, 0.15) is 22.9 Å². The van der Waals surface area contributed by atoms with E-state index in [4.69, 9.17) is 15.5 Å². The van der Waals surface area contributed by atoms with E-state index in [1.165, 1.54) is 35.4 Å². The number of piperidine rings is 1. The highest BCUT2D eigenvalue weighted by atomic mass is 19.1. The molecular formula is C26H30FN7O3. The molecule has 2 aromatic heterocycles. The summed E-state index contributed by atoms with van der Waals surface area (Å²) in [5, 5.41) is 13.6. The highest BCUT2D eigenvalue weighted by molar-refractivity contribution is 6.22. The van der Waals surface area contributed by atoms with Crippen molar-refractivity contribution in [3.8, 4) is 11.8 Å². The molecule has 194 valence electrons. The predicted octanol–water partition coefficient (Wildman–Crippen LogP) is 2.09. The summed E-state index contributed by atoms with van der Waals surface area (Å²) in [6.45, 7) is 3.93. The Morgan fingerprint density at radius 1 is 1.32 bits per heavy atom. The number of rotatable bonds is 6. The van der Waals surface area contributed by atoms with Crippen molar-refractivity contribution >= 4 is 28.6 Å². The summed E-state index contributed by atoms with van der Waals surface area (Å²) in [4.78, 5) is 32.3. The van der Waals surface area contributed by atoms with Crippen LogP contribution in [-0.4, -0.2) is 81.9 Å². The van der Waals surface area contributed by atoms with Crippen molar-refractivity contribution in [1.29, 1.82) is 5.26 Å². The van der Waals surface area contributed by atoms with E-state index >= 15 is 4.39 Å². The van der Waals surface area contributed by atoms with Gasteiger partial charge < -0.3 is 20.3 Å². The Hall–Kier alpha value is -4.20. The van der Waals surface area contributed by atoms with E-state index in [1.807, 2.05) is 6.92 Å². The van der Waals surface area contributed by atoms with Gasteiger partial charge >= 0.3 is 0 Å². The minimum Gasteiger partial charge on any atom is -0.494 e. The van der Waals surface area contributed by atoms with Crippen LogP contribution in [0.25, 0.3) is 11.1 Å². The molecule has 0 spiro atoms. The van der Waals surface area contributed by atoms with Crippen LogP contribution in [0.2, 0.25) is 0 Å². The highest BCUT2D eigenvalue weighted by Gasteiger charge is 2.53. The summed E-state index contributed by atoms with van der Waals surface area (Å²) in [6, 6.07) is 3.85. The largest absolute Gasteiger partial charge is 0.494 e. The number of aromatic nitrogens is 2. The zero-order valence-corrected chi connectivity index (χ0v) is 21.1. The van der Waals surface area contributed by atoms with Crippen LogP contribution in [0.15, 0.2) is 41.8 Å². The van der Waals surface area contributed by atoms with E-state index in [2.05, 4.69) is 11.2 Å². The molecule has 2 aromatic rings. The Kier molecular flexibility index (Phi) is 7.29. The van der Waals surface area contributed by atoms with E-state index in [-0.39, 0.29) is 25.0 Å². The van der Waals surface area contributed by atoms with E-state index in [1.54, 1.807) is 29.8 Å². The second kappa shape index (κ2) is 10.4. The summed E-state index contributed by atoms with van der Waals surface area (Å²) >= 11 is 0. The Morgan fingerprint density at radius 2 is 2.03 bits per heavy atom. The van der Waals surface area contributed by atoms with Crippen LogP contribution in [0, 0.1) is 11.3 Å². The van der Waals surface area contributed by atoms with E-state index in [0.717, 1.165) is 5.56 Å². The number of nitriles is 1. The molecule has 2 aliphatic rings. The van der Waals surface area contributed by atoms with E-state index < -0.39 is 11.6 Å². The normalized spacial score (nSPS) is 18.7. The number of likely N-dealkylation sites (tertiary alicyclic amines) is 2. The molecular weight excluding hydrogens is 477 g/mol. The van der Waals surface area contributed by atoms with Gasteiger partial charge in [-0.3, -0.25) is 14.6 Å². The third kappa shape index (κ3) is 4.91. The number of fused-ring (bicyclic) bond motifs is 1. The second-order valence-corrected chi connectivity index (χ2v) is 9.24. The van der Waals surface area contributed by atoms with Crippen LogP contribution in [0.4, 0.5) is 4.39 Å². The molecule has 4 heterocycles. The van der Waals surface area contributed by atoms with Crippen molar-refractivity contribution in [3.63, 3.8) is 0 Å². The lowest BCUT2D eigenvalue weighted by atomic mass is 9.92. The Bertz CT molecular complexity index is 1340. The van der Waals surface area contributed by atoms with Crippen molar-refractivity contribution in [1.82, 2.24) is 19.4 Å². The lowest BCUT2D eigenvalue weighted by molar-refractivity contribution is -0.162. The summed E-state index contributed by atoms with van der Waals surface area (Å²) in [6.07, 6.45) is 8.85. The molecule has 11 heteroatoms. The number of nitrogens with two attached hydrogens (primary N) is 1. The maximum absolute atomic E-state index is 15.1. The average molecular weight is 508 g/mol. The minimum absolute atomic E-state index is 0.0516. The first kappa shape index (κ1) is 25.9. The van der Waals surface area contributed by atoms with Crippen LogP contribution in [0.5, 0.6) is 5.75 Å². The average Bonchev–Trinajstić information content (AvgIpc) is 3.30. The van der Waals surface area contributed by atoms with Gasteiger partial charge in [-0.25, -0.2) is 8.91 Å². The third-order valence-corrected chi connectivity index (χ3v) is 6.80. The molecule has 2 fully saturated rings. The lowest BCUT2D eigenvalue weighted by Gasteiger charge is -2.45. The van der Waals surface area contributed by atoms with Crippen molar-refractivity contribution in [3.05, 3.63) is 47.9 Å². The fourth-order valence-corrected chi connectivity index (χ4v) is 4.82. The first-order valence-electron chi connectivity index (χ1n) is 12.1. The number of allylic oxidation sites excluding steroid dienone is 2. The third-order valence-electron chi connectivity index (χ3n) is 6.80. The Morgan fingerprint density at radius 3 is 2.62 bits per heavy atom. The van der Waals surface area contributed by atoms with E-state index in [9.17, 15) is 14.9 Å². The van der Waals surface area contributed by atoms with Crippen LogP contribution in [-0.2, 0) is 9.59 Å². The molecule has 0 unspecified atom stereocenters. The van der Waals surface area contributed by atoms with Crippen LogP contribution in [0.3, 0.4) is 0 Å². The summed E-state index contributed by atoms with van der Waals surface area (Å²) < 4.78 is 22.2. The second-order valence-electron chi connectivity index (χ2n) is 9.24. The molecule has 0 aromatic carbocycles. The molecule has 0 radical (unpaired) electrons. The van der Waals surface area contributed by atoms with Gasteiger partial charge in [0.2, 0.25) is 11.6 Å². The number of methoxy groups -OCH3 is 1. The van der Waals surface area contributed by atoms with Gasteiger partial charge in [-0.05, 0) is 38.8 Å². The van der Waals surface area contributed by atoms with Gasteiger partial charge in [-0.1, -0.05) is 6.08 Å². The Labute approximate surface area is 214 Å². The quantitative estimate of drug-likeness (QED) is 0.471. The summed E-state index contributed by atoms with van der Waals surface area (Å²) in [5.41, 5.74) is 7.06. The van der Waals surface area contributed by atoms with Crippen molar-refractivity contribution in [2.45, 2.75) is 38.4 Å². The van der Waals surface area contributed by atoms with E-state index in [0.29, 0.717) is 54.0 Å². The fourth-order valence-electron chi connectivity index (χ4n) is 4.82.